The van der Waals surface area contributed by atoms with Crippen molar-refractivity contribution in [2.45, 2.75) is 31.7 Å². The first-order chi connectivity index (χ1) is 22.3. The Morgan fingerprint density at radius 2 is 1.72 bits per heavy atom. The van der Waals surface area contributed by atoms with Crippen LogP contribution in [0.5, 0.6) is 0 Å². The van der Waals surface area contributed by atoms with Crippen molar-refractivity contribution in [3.8, 4) is 22.8 Å². The van der Waals surface area contributed by atoms with E-state index in [2.05, 4.69) is 30.4 Å². The first-order valence-electron chi connectivity index (χ1n) is 14.1. The minimum absolute atomic E-state index is 0.258. The van der Waals surface area contributed by atoms with Gasteiger partial charge in [-0.2, -0.15) is 26.3 Å². The number of nitrogens with zero attached hydrogens (tertiary/aromatic N) is 6. The Morgan fingerprint density at radius 1 is 0.957 bits per heavy atom. The van der Waals surface area contributed by atoms with Crippen LogP contribution in [0, 0.1) is 11.7 Å². The van der Waals surface area contributed by atoms with E-state index in [1.54, 1.807) is 16.9 Å². The van der Waals surface area contributed by atoms with Gasteiger partial charge in [-0.15, -0.1) is 5.10 Å². The third-order valence-electron chi connectivity index (χ3n) is 7.74. The number of hydrogen-bond donors (Lipinski definition) is 2. The number of benzene rings is 1. The molecule has 1 fully saturated rings. The second-order valence-corrected chi connectivity index (χ2v) is 10.8. The third-order valence-corrected chi connectivity index (χ3v) is 7.74. The number of aromatic amines is 1. The van der Waals surface area contributed by atoms with Crippen LogP contribution in [0.3, 0.4) is 0 Å². The molecule has 1 amide bonds. The smallest absolute Gasteiger partial charge is 0.355 e. The summed E-state index contributed by atoms with van der Waals surface area (Å²) >= 11 is 0. The average molecular weight is 661 g/mol. The second-order valence-electron chi connectivity index (χ2n) is 10.8. The van der Waals surface area contributed by atoms with E-state index in [9.17, 15) is 35.9 Å². The van der Waals surface area contributed by atoms with E-state index in [1.165, 1.54) is 0 Å². The summed E-state index contributed by atoms with van der Waals surface area (Å²) in [5.41, 5.74) is -4.90. The summed E-state index contributed by atoms with van der Waals surface area (Å²) in [6.07, 6.45) is -5.07. The molecule has 0 saturated carbocycles. The lowest BCUT2D eigenvalue weighted by Crippen LogP contribution is -2.40. The molecular formula is C30H23F7N8O2. The highest BCUT2D eigenvalue weighted by Gasteiger charge is 2.37. The zero-order valence-corrected chi connectivity index (χ0v) is 24.0. The Hall–Kier alpha value is -5.35. The molecule has 5 heterocycles. The number of aromatic nitrogens is 6. The highest BCUT2D eigenvalue weighted by molar-refractivity contribution is 5.79. The lowest BCUT2D eigenvalue weighted by molar-refractivity contribution is -0.138. The summed E-state index contributed by atoms with van der Waals surface area (Å²) < 4.78 is 98.4. The SMILES string of the molecule is O=C(NCc1ccc(C(F)(F)F)c(-c2nc(-c3ccc(C(F)(F)F)cn3)cc(=O)[nH]2)c1F)C1CCN(c2ccc3nccn3n2)CC1. The molecule has 10 nitrogen and oxygen atoms in total. The van der Waals surface area contributed by atoms with E-state index in [-0.39, 0.29) is 17.0 Å². The van der Waals surface area contributed by atoms with Gasteiger partial charge in [0.05, 0.1) is 28.1 Å². The molecule has 0 bridgehead atoms. The Bertz CT molecular complexity index is 2000. The van der Waals surface area contributed by atoms with Crippen molar-refractivity contribution in [3.63, 3.8) is 0 Å². The largest absolute Gasteiger partial charge is 0.417 e. The molecule has 0 spiro atoms. The van der Waals surface area contributed by atoms with Crippen LogP contribution < -0.4 is 15.8 Å². The van der Waals surface area contributed by atoms with Crippen LogP contribution in [-0.2, 0) is 23.7 Å². The Balaban J connectivity index is 1.21. The maximum absolute atomic E-state index is 15.8. The van der Waals surface area contributed by atoms with E-state index in [0.29, 0.717) is 55.7 Å². The summed E-state index contributed by atoms with van der Waals surface area (Å²) in [5, 5.41) is 7.09. The summed E-state index contributed by atoms with van der Waals surface area (Å²) in [4.78, 5) is 41.2. The minimum Gasteiger partial charge on any atom is -0.355 e. The molecule has 0 unspecified atom stereocenters. The fraction of sp³-hybridized carbons (Fsp3) is 0.267. The maximum Gasteiger partial charge on any atom is 0.417 e. The van der Waals surface area contributed by atoms with Crippen LogP contribution in [0.1, 0.15) is 29.5 Å². The number of hydrogen-bond acceptors (Lipinski definition) is 7. The standard InChI is InChI=1S/C30H23F7N8O2/c31-26-17(14-40-28(47)16-7-10-44(11-8-16)23-6-5-22-38-9-12-45(22)43-23)1-3-19(30(35,36)37)25(26)27-41-21(13-24(46)42-27)20-4-2-18(15-39-20)29(32,33)34/h1-6,9,12-13,15-16H,7-8,10-11,14H2,(H,40,47)(H,41,42,46). The summed E-state index contributed by atoms with van der Waals surface area (Å²) in [5.74, 6) is -2.35. The predicted octanol–water partition coefficient (Wildman–Crippen LogP) is 5.25. The van der Waals surface area contributed by atoms with E-state index in [1.807, 2.05) is 17.0 Å². The lowest BCUT2D eigenvalue weighted by atomic mass is 9.95. The van der Waals surface area contributed by atoms with Gasteiger partial charge in [-0.3, -0.25) is 14.6 Å². The Kier molecular flexibility index (Phi) is 8.15. The molecular weight excluding hydrogens is 637 g/mol. The average Bonchev–Trinajstić information content (AvgIpc) is 3.51. The molecule has 1 saturated heterocycles. The minimum atomic E-state index is -5.08. The first-order valence-corrected chi connectivity index (χ1v) is 14.1. The van der Waals surface area contributed by atoms with Gasteiger partial charge in [0.1, 0.15) is 17.5 Å². The molecule has 5 aromatic rings. The van der Waals surface area contributed by atoms with Crippen LogP contribution >= 0.6 is 0 Å². The van der Waals surface area contributed by atoms with Crippen molar-refractivity contribution in [2.24, 2.45) is 5.92 Å². The third kappa shape index (κ3) is 6.64. The van der Waals surface area contributed by atoms with Gasteiger partial charge in [0.25, 0.3) is 5.56 Å². The van der Waals surface area contributed by atoms with Gasteiger partial charge < -0.3 is 15.2 Å². The summed E-state index contributed by atoms with van der Waals surface area (Å²) in [7, 11) is 0. The van der Waals surface area contributed by atoms with Crippen molar-refractivity contribution in [1.82, 2.24) is 34.9 Å². The highest BCUT2D eigenvalue weighted by atomic mass is 19.4. The normalized spacial score (nSPS) is 14.5. The number of amides is 1. The van der Waals surface area contributed by atoms with Crippen LogP contribution in [0.4, 0.5) is 36.6 Å². The molecule has 6 rings (SSSR count). The molecule has 17 heteroatoms. The van der Waals surface area contributed by atoms with E-state index >= 15 is 4.39 Å². The molecule has 0 atom stereocenters. The maximum atomic E-state index is 15.8. The van der Waals surface area contributed by atoms with E-state index in [0.717, 1.165) is 18.2 Å². The highest BCUT2D eigenvalue weighted by Crippen LogP contribution is 2.39. The monoisotopic (exact) mass is 660 g/mol. The van der Waals surface area contributed by atoms with E-state index < -0.39 is 64.6 Å². The summed E-state index contributed by atoms with van der Waals surface area (Å²) in [6, 6.07) is 7.49. The number of nitrogens with one attached hydrogen (secondary N) is 2. The molecule has 4 aromatic heterocycles. The predicted molar refractivity (Wildman–Crippen MR) is 153 cm³/mol. The number of rotatable bonds is 6. The van der Waals surface area contributed by atoms with Gasteiger partial charge in [-0.25, -0.2) is 18.9 Å². The van der Waals surface area contributed by atoms with E-state index in [4.69, 9.17) is 0 Å². The number of anilines is 1. The molecule has 244 valence electrons. The Labute approximate surface area is 260 Å². The van der Waals surface area contributed by atoms with Gasteiger partial charge in [0, 0.05) is 55.8 Å². The fourth-order valence-corrected chi connectivity index (χ4v) is 5.32. The first kappa shape index (κ1) is 31.6. The van der Waals surface area contributed by atoms with Crippen molar-refractivity contribution in [1.29, 1.82) is 0 Å². The number of pyridine rings is 1. The van der Waals surface area contributed by atoms with Crippen LogP contribution in [0.2, 0.25) is 0 Å². The summed E-state index contributed by atoms with van der Waals surface area (Å²) in [6.45, 7) is 0.555. The number of imidazole rings is 1. The lowest BCUT2D eigenvalue weighted by Gasteiger charge is -2.32. The van der Waals surface area contributed by atoms with Crippen LogP contribution in [0.25, 0.3) is 28.4 Å². The number of carbonyl (C=O) groups is 1. The topological polar surface area (TPSA) is 121 Å². The van der Waals surface area contributed by atoms with Crippen LogP contribution in [-0.4, -0.2) is 48.5 Å². The van der Waals surface area contributed by atoms with Gasteiger partial charge >= 0.3 is 12.4 Å². The molecule has 0 aliphatic carbocycles. The Morgan fingerprint density at radius 3 is 2.40 bits per heavy atom. The number of halogens is 7. The molecule has 1 aromatic carbocycles. The van der Waals surface area contributed by atoms with Gasteiger partial charge in [0.2, 0.25) is 5.91 Å². The zero-order chi connectivity index (χ0) is 33.5. The van der Waals surface area contributed by atoms with Crippen molar-refractivity contribution >= 4 is 17.4 Å². The fourth-order valence-electron chi connectivity index (χ4n) is 5.32. The van der Waals surface area contributed by atoms with Gasteiger partial charge in [0.15, 0.2) is 5.65 Å². The number of fused-ring (bicyclic) bond motifs is 1. The number of H-pyrrole nitrogens is 1. The van der Waals surface area contributed by atoms with Crippen molar-refractivity contribution < 1.29 is 35.5 Å². The van der Waals surface area contributed by atoms with Crippen LogP contribution in [0.15, 0.2) is 65.8 Å². The molecule has 2 N–H and O–H groups in total. The zero-order valence-electron chi connectivity index (χ0n) is 24.0. The number of alkyl halides is 6. The van der Waals surface area contributed by atoms with Gasteiger partial charge in [-0.1, -0.05) is 6.07 Å². The number of carbonyl (C=O) groups excluding carboxylic acids is 1. The molecule has 0 radical (unpaired) electrons. The molecule has 1 aliphatic heterocycles. The second kappa shape index (κ2) is 12.1. The van der Waals surface area contributed by atoms with Crippen molar-refractivity contribution in [3.05, 3.63) is 93.9 Å². The van der Waals surface area contributed by atoms with Gasteiger partial charge in [-0.05, 0) is 43.2 Å². The van der Waals surface area contributed by atoms with Crippen molar-refractivity contribution in [2.75, 3.05) is 18.0 Å². The quantitative estimate of drug-likeness (QED) is 0.239. The molecule has 1 aliphatic rings. The number of piperidine rings is 1. The molecule has 47 heavy (non-hydrogen) atoms.